The fourth-order valence-electron chi connectivity index (χ4n) is 5.62. The van der Waals surface area contributed by atoms with Crippen molar-refractivity contribution in [3.63, 3.8) is 0 Å². The Bertz CT molecular complexity index is 1480. The average Bonchev–Trinajstić information content (AvgIpc) is 2.93. The third-order valence-electron chi connectivity index (χ3n) is 7.29. The van der Waals surface area contributed by atoms with Crippen LogP contribution in [0.1, 0.15) is 68.4 Å². The van der Waals surface area contributed by atoms with Crippen molar-refractivity contribution in [2.45, 2.75) is 31.0 Å². The van der Waals surface area contributed by atoms with Crippen LogP contribution < -0.4 is 0 Å². The van der Waals surface area contributed by atoms with Crippen molar-refractivity contribution in [2.75, 3.05) is 7.05 Å². The van der Waals surface area contributed by atoms with Gasteiger partial charge < -0.3 is 0 Å². The minimum Gasteiger partial charge on any atom is -0.277 e. The number of nitrogens with zero attached hydrogens (tertiary/aromatic N) is 1. The molecule has 2 unspecified atom stereocenters. The van der Waals surface area contributed by atoms with Gasteiger partial charge in [0.05, 0.1) is 0 Å². The Morgan fingerprint density at radius 2 is 1.41 bits per heavy atom. The standard InChI is InChI=1S/C28H22BrNO2/c1-4-23(29)17-10-8-15-14(2)16-9-12-21-26-22(28(32)30(3)27(21)31)13-11-20(25(16)26)19-7-5-6-18(17)24(15)19/h5-14,23H,4H2,1-3H3. The van der Waals surface area contributed by atoms with Crippen LogP contribution in [-0.4, -0.2) is 23.8 Å². The summed E-state index contributed by atoms with van der Waals surface area (Å²) in [4.78, 5) is 27.5. The van der Waals surface area contributed by atoms with Crippen molar-refractivity contribution in [1.82, 2.24) is 4.90 Å². The Hall–Kier alpha value is -2.98. The van der Waals surface area contributed by atoms with E-state index in [1.54, 1.807) is 7.05 Å². The van der Waals surface area contributed by atoms with Gasteiger partial charge in [0.1, 0.15) is 0 Å². The lowest BCUT2D eigenvalue weighted by molar-refractivity contribution is 0.0650. The van der Waals surface area contributed by atoms with Crippen LogP contribution in [0.3, 0.4) is 0 Å². The van der Waals surface area contributed by atoms with Crippen molar-refractivity contribution in [3.8, 4) is 11.1 Å². The maximum absolute atomic E-state index is 13.0. The number of fused-ring (bicyclic) bond motifs is 1. The van der Waals surface area contributed by atoms with Crippen LogP contribution >= 0.6 is 15.9 Å². The highest BCUT2D eigenvalue weighted by molar-refractivity contribution is 9.09. The van der Waals surface area contributed by atoms with E-state index in [2.05, 4.69) is 72.2 Å². The molecule has 4 aromatic rings. The van der Waals surface area contributed by atoms with Crippen molar-refractivity contribution in [3.05, 3.63) is 82.4 Å². The first-order valence-electron chi connectivity index (χ1n) is 11.1. The molecule has 0 spiro atoms. The monoisotopic (exact) mass is 483 g/mol. The summed E-state index contributed by atoms with van der Waals surface area (Å²) in [5.74, 6) is -0.323. The van der Waals surface area contributed by atoms with E-state index in [0.29, 0.717) is 11.1 Å². The third-order valence-corrected chi connectivity index (χ3v) is 8.43. The molecule has 4 heteroatoms. The molecule has 2 aliphatic rings. The molecule has 1 aliphatic heterocycles. The van der Waals surface area contributed by atoms with Gasteiger partial charge in [-0.05, 0) is 62.5 Å². The van der Waals surface area contributed by atoms with E-state index in [4.69, 9.17) is 0 Å². The number of hydrogen-bond donors (Lipinski definition) is 0. The van der Waals surface area contributed by atoms with Gasteiger partial charge in [-0.2, -0.15) is 0 Å². The molecular formula is C28H22BrNO2. The Balaban J connectivity index is 1.80. The molecule has 0 saturated heterocycles. The predicted molar refractivity (Wildman–Crippen MR) is 133 cm³/mol. The third kappa shape index (κ3) is 2.36. The summed E-state index contributed by atoms with van der Waals surface area (Å²) >= 11 is 3.86. The molecule has 32 heavy (non-hydrogen) atoms. The molecule has 0 N–H and O–H groups in total. The average molecular weight is 484 g/mol. The minimum absolute atomic E-state index is 0.138. The fourth-order valence-corrected chi connectivity index (χ4v) is 6.02. The SMILES string of the molecule is CCC(Br)c1ccc2c3c(cccc13)-c1ccc3c4c(ccc(c14)C2C)C(=O)N(C)C3=O. The predicted octanol–water partition coefficient (Wildman–Crippen LogP) is 7.20. The maximum Gasteiger partial charge on any atom is 0.261 e. The topological polar surface area (TPSA) is 37.4 Å². The summed E-state index contributed by atoms with van der Waals surface area (Å²) < 4.78 is 0. The van der Waals surface area contributed by atoms with Gasteiger partial charge in [0.15, 0.2) is 0 Å². The van der Waals surface area contributed by atoms with E-state index < -0.39 is 0 Å². The quantitative estimate of drug-likeness (QED) is 0.223. The van der Waals surface area contributed by atoms with Crippen molar-refractivity contribution in [2.24, 2.45) is 0 Å². The second-order valence-electron chi connectivity index (χ2n) is 8.85. The Kier molecular flexibility index (Phi) is 4.16. The number of hydrogen-bond acceptors (Lipinski definition) is 2. The smallest absolute Gasteiger partial charge is 0.261 e. The zero-order valence-corrected chi connectivity index (χ0v) is 19.8. The molecule has 2 amide bonds. The highest BCUT2D eigenvalue weighted by Crippen LogP contribution is 2.49. The number of carbonyl (C=O) groups excluding carboxylic acids is 2. The van der Waals surface area contributed by atoms with E-state index >= 15 is 0 Å². The Labute approximate surface area is 195 Å². The lowest BCUT2D eigenvalue weighted by atomic mass is 9.84. The van der Waals surface area contributed by atoms with Crippen LogP contribution in [0.15, 0.2) is 54.6 Å². The van der Waals surface area contributed by atoms with Crippen molar-refractivity contribution in [1.29, 1.82) is 0 Å². The summed E-state index contributed by atoms with van der Waals surface area (Å²) in [5, 5.41) is 4.38. The van der Waals surface area contributed by atoms with Gasteiger partial charge in [-0.25, -0.2) is 0 Å². The fraction of sp³-hybridized carbons (Fsp3) is 0.214. The number of halogens is 1. The molecule has 1 aliphatic carbocycles. The van der Waals surface area contributed by atoms with Crippen LogP contribution in [-0.2, 0) is 0 Å². The van der Waals surface area contributed by atoms with Crippen LogP contribution in [0.2, 0.25) is 0 Å². The number of amides is 2. The molecule has 3 nitrogen and oxygen atoms in total. The Morgan fingerprint density at radius 3 is 2.12 bits per heavy atom. The van der Waals surface area contributed by atoms with Gasteiger partial charge in [0.25, 0.3) is 11.8 Å². The van der Waals surface area contributed by atoms with Crippen LogP contribution in [0.5, 0.6) is 0 Å². The lowest BCUT2D eigenvalue weighted by Gasteiger charge is -2.26. The maximum atomic E-state index is 13.0. The molecule has 0 radical (unpaired) electrons. The van der Waals surface area contributed by atoms with Gasteiger partial charge in [-0.3, -0.25) is 14.5 Å². The van der Waals surface area contributed by atoms with Gasteiger partial charge in [0, 0.05) is 34.3 Å². The normalized spacial score (nSPS) is 17.8. The van der Waals surface area contributed by atoms with E-state index in [0.717, 1.165) is 22.8 Å². The zero-order valence-electron chi connectivity index (χ0n) is 18.2. The number of rotatable bonds is 2. The van der Waals surface area contributed by atoms with E-state index in [1.165, 1.54) is 37.9 Å². The van der Waals surface area contributed by atoms with Crippen LogP contribution in [0, 0.1) is 0 Å². The molecule has 6 rings (SSSR count). The molecule has 0 fully saturated rings. The van der Waals surface area contributed by atoms with Crippen molar-refractivity contribution < 1.29 is 9.59 Å². The highest BCUT2D eigenvalue weighted by Gasteiger charge is 2.34. The van der Waals surface area contributed by atoms with Gasteiger partial charge >= 0.3 is 0 Å². The van der Waals surface area contributed by atoms with Crippen LogP contribution in [0.4, 0.5) is 0 Å². The molecule has 0 bridgehead atoms. The minimum atomic E-state index is -0.230. The van der Waals surface area contributed by atoms with E-state index in [1.807, 2.05) is 12.1 Å². The second kappa shape index (κ2) is 6.76. The number of imide groups is 1. The summed E-state index contributed by atoms with van der Waals surface area (Å²) in [5.41, 5.74) is 7.24. The first-order chi connectivity index (χ1) is 15.4. The summed E-state index contributed by atoms with van der Waals surface area (Å²) in [6.45, 7) is 4.42. The molecule has 1 heterocycles. The number of benzene rings is 4. The highest BCUT2D eigenvalue weighted by atomic mass is 79.9. The zero-order chi connectivity index (χ0) is 22.3. The lowest BCUT2D eigenvalue weighted by Crippen LogP contribution is -2.37. The molecular weight excluding hydrogens is 462 g/mol. The molecule has 0 aromatic heterocycles. The van der Waals surface area contributed by atoms with Gasteiger partial charge in [0.2, 0.25) is 0 Å². The second-order valence-corrected chi connectivity index (χ2v) is 9.96. The number of alkyl halides is 1. The molecule has 2 atom stereocenters. The summed E-state index contributed by atoms with van der Waals surface area (Å²) in [6, 6.07) is 19.0. The largest absolute Gasteiger partial charge is 0.277 e. The molecule has 158 valence electrons. The molecule has 0 saturated carbocycles. The first kappa shape index (κ1) is 19.7. The van der Waals surface area contributed by atoms with E-state index in [9.17, 15) is 9.59 Å². The Morgan fingerprint density at radius 1 is 0.812 bits per heavy atom. The van der Waals surface area contributed by atoms with Crippen molar-refractivity contribution >= 4 is 49.3 Å². The van der Waals surface area contributed by atoms with Crippen LogP contribution in [0.25, 0.3) is 32.7 Å². The molecule has 4 aromatic carbocycles. The van der Waals surface area contributed by atoms with Gasteiger partial charge in [-0.15, -0.1) is 0 Å². The van der Waals surface area contributed by atoms with Gasteiger partial charge in [-0.1, -0.05) is 72.2 Å². The first-order valence-corrected chi connectivity index (χ1v) is 12.0. The number of carbonyl (C=O) groups is 2. The summed E-state index contributed by atoms with van der Waals surface area (Å²) in [7, 11) is 1.56. The van der Waals surface area contributed by atoms with E-state index in [-0.39, 0.29) is 22.6 Å². The summed E-state index contributed by atoms with van der Waals surface area (Å²) in [6.07, 6.45) is 1.01.